The van der Waals surface area contributed by atoms with Gasteiger partial charge in [0.2, 0.25) is 0 Å². The van der Waals surface area contributed by atoms with Gasteiger partial charge in [0.15, 0.2) is 0 Å². The molecule has 0 bridgehead atoms. The molecule has 0 spiro atoms. The Morgan fingerprint density at radius 1 is 1.16 bits per heavy atom. The molecule has 11 heteroatoms. The number of likely N-dealkylation sites (tertiary alicyclic amines) is 1. The summed E-state index contributed by atoms with van der Waals surface area (Å²) in [5.41, 5.74) is 5.35. The Bertz CT molecular complexity index is 755. The van der Waals surface area contributed by atoms with E-state index >= 15 is 0 Å². The molecule has 0 aromatic heterocycles. The summed E-state index contributed by atoms with van der Waals surface area (Å²) in [5.74, 6) is -1.62. The van der Waals surface area contributed by atoms with E-state index in [2.05, 4.69) is 20.8 Å². The summed E-state index contributed by atoms with van der Waals surface area (Å²) in [6, 6.07) is -2.31. The summed E-state index contributed by atoms with van der Waals surface area (Å²) in [4.78, 5) is 63.4. The van der Waals surface area contributed by atoms with Crippen LogP contribution in [0.25, 0.3) is 0 Å². The van der Waals surface area contributed by atoms with Crippen molar-refractivity contribution >= 4 is 48.8 Å². The predicted octanol–water partition coefficient (Wildman–Crippen LogP) is -0.349. The number of urea groups is 1. The number of amides is 5. The molecule has 32 heavy (non-hydrogen) atoms. The molecule has 5 N–H and O–H groups in total. The fraction of sp³-hybridized carbons (Fsp3) is 0.667. The molecule has 1 saturated carbocycles. The van der Waals surface area contributed by atoms with E-state index in [1.54, 1.807) is 0 Å². The van der Waals surface area contributed by atoms with Gasteiger partial charge in [0.25, 0.3) is 0 Å². The van der Waals surface area contributed by atoms with Gasteiger partial charge in [-0.1, -0.05) is 0 Å². The first-order chi connectivity index (χ1) is 15.2. The van der Waals surface area contributed by atoms with Crippen molar-refractivity contribution in [2.45, 2.75) is 58.0 Å². The number of rotatable bonds is 9. The first kappa shape index (κ1) is 26.1. The van der Waals surface area contributed by atoms with Crippen LogP contribution in [0.2, 0.25) is 0 Å². The van der Waals surface area contributed by atoms with Gasteiger partial charge in [0.1, 0.15) is 0 Å². The third-order valence-corrected chi connectivity index (χ3v) is 8.21. The zero-order chi connectivity index (χ0) is 23.8. The van der Waals surface area contributed by atoms with Gasteiger partial charge in [0.05, 0.1) is 0 Å². The molecule has 4 atom stereocenters. The number of nitrogens with zero attached hydrogens (tertiary/aromatic N) is 1. The van der Waals surface area contributed by atoms with Crippen LogP contribution >= 0.6 is 0 Å². The average molecular weight is 563 g/mol. The van der Waals surface area contributed by atoms with Crippen molar-refractivity contribution in [3.05, 3.63) is 12.7 Å². The Kier molecular flexibility index (Phi) is 9.97. The van der Waals surface area contributed by atoms with Crippen LogP contribution in [-0.2, 0) is 19.2 Å². The van der Waals surface area contributed by atoms with Crippen LogP contribution in [0.5, 0.6) is 0 Å². The molecule has 178 valence electrons. The number of carbonyl (C=O) groups is 5. The summed E-state index contributed by atoms with van der Waals surface area (Å²) in [5, 5.41) is 5.00. The topological polar surface area (TPSA) is 151 Å². The molecule has 0 aromatic carbocycles. The van der Waals surface area contributed by atoms with Gasteiger partial charge in [0, 0.05) is 0 Å². The maximum atomic E-state index is 13.5. The van der Waals surface area contributed by atoms with E-state index in [1.807, 2.05) is 13.8 Å². The van der Waals surface area contributed by atoms with E-state index in [9.17, 15) is 24.0 Å². The Labute approximate surface area is 198 Å². The number of carbonyl (C=O) groups excluding carboxylic acids is 5. The van der Waals surface area contributed by atoms with Gasteiger partial charge in [-0.15, -0.1) is 0 Å². The van der Waals surface area contributed by atoms with Crippen LogP contribution in [0.4, 0.5) is 4.79 Å². The zero-order valence-electron chi connectivity index (χ0n) is 18.6. The van der Waals surface area contributed by atoms with Crippen LogP contribution in [0.15, 0.2) is 12.7 Å². The van der Waals surface area contributed by atoms with Crippen LogP contribution in [0, 0.1) is 17.8 Å². The molecule has 2 rings (SSSR count). The first-order valence-corrected chi connectivity index (χ1v) is 13.3. The Morgan fingerprint density at radius 3 is 2.41 bits per heavy atom. The summed E-state index contributed by atoms with van der Waals surface area (Å²) < 4.78 is 1.97. The molecular weight excluding hydrogens is 530 g/mol. The molecule has 1 saturated heterocycles. The number of hydrogen-bond donors (Lipinski definition) is 4. The van der Waals surface area contributed by atoms with E-state index in [0.717, 1.165) is 32.1 Å². The van der Waals surface area contributed by atoms with Crippen LogP contribution in [-0.4, -0.2) is 78.9 Å². The van der Waals surface area contributed by atoms with Crippen molar-refractivity contribution in [1.29, 1.82) is 0 Å². The number of primary amides is 1. The third-order valence-electron chi connectivity index (χ3n) is 6.29. The van der Waals surface area contributed by atoms with Gasteiger partial charge in [-0.05, 0) is 0 Å². The molecule has 1 aliphatic carbocycles. The van der Waals surface area contributed by atoms with Crippen molar-refractivity contribution in [3.8, 4) is 0 Å². The predicted molar refractivity (Wildman–Crippen MR) is 119 cm³/mol. The molecule has 2 aliphatic rings. The van der Waals surface area contributed by atoms with Crippen molar-refractivity contribution < 1.29 is 24.0 Å². The van der Waals surface area contributed by atoms with Gasteiger partial charge in [-0.3, -0.25) is 0 Å². The second-order valence-electron chi connectivity index (χ2n) is 8.51. The fourth-order valence-corrected chi connectivity index (χ4v) is 5.78. The molecule has 0 unspecified atom stereocenters. The van der Waals surface area contributed by atoms with Crippen molar-refractivity contribution in [1.82, 2.24) is 19.1 Å². The van der Waals surface area contributed by atoms with Crippen LogP contribution in [0.1, 0.15) is 46.0 Å². The van der Waals surface area contributed by atoms with E-state index in [-0.39, 0.29) is 30.2 Å². The van der Waals surface area contributed by atoms with E-state index < -0.39 is 55.0 Å². The van der Waals surface area contributed by atoms with Crippen molar-refractivity contribution in [2.75, 3.05) is 13.1 Å². The van der Waals surface area contributed by atoms with E-state index in [0.29, 0.717) is 6.54 Å². The third kappa shape index (κ3) is 6.69. The van der Waals surface area contributed by atoms with Crippen LogP contribution < -0.4 is 19.9 Å². The molecule has 10 nitrogen and oxygen atoms in total. The second kappa shape index (κ2) is 12.2. The molecule has 0 radical (unpaired) electrons. The van der Waals surface area contributed by atoms with Crippen molar-refractivity contribution in [2.24, 2.45) is 23.5 Å². The summed E-state index contributed by atoms with van der Waals surface area (Å²) in [6.07, 6.45) is 6.13. The number of nitrogens with one attached hydrogen (secondary N) is 3. The minimum absolute atomic E-state index is 0.0254. The van der Waals surface area contributed by atoms with Crippen molar-refractivity contribution in [3.63, 3.8) is 0 Å². The number of hydrogen-bond acceptors (Lipinski definition) is 5. The fourth-order valence-electron chi connectivity index (χ4n) is 4.41. The Hall–Kier alpha value is -2.12. The number of nitrogens with two attached hydrogens (primary N) is 1. The van der Waals surface area contributed by atoms with Gasteiger partial charge >= 0.3 is 199 Å². The quantitative estimate of drug-likeness (QED) is 0.172. The Balaban J connectivity index is 2.12. The first-order valence-electron chi connectivity index (χ1n) is 10.9. The van der Waals surface area contributed by atoms with Gasteiger partial charge < -0.3 is 0 Å². The Morgan fingerprint density at radius 2 is 1.81 bits per heavy atom. The molecule has 1 aliphatic heterocycles. The van der Waals surface area contributed by atoms with Gasteiger partial charge in [-0.25, -0.2) is 0 Å². The second-order valence-corrected chi connectivity index (χ2v) is 10.7. The average Bonchev–Trinajstić information content (AvgIpc) is 3.08. The minimum atomic E-state index is -1.79. The molecule has 0 aromatic rings. The monoisotopic (exact) mass is 565 g/mol. The van der Waals surface area contributed by atoms with Crippen LogP contribution in [0.3, 0.4) is 0 Å². The SMILES string of the molecule is C=CCNC(=O)C(=O)[Te]NC(=O)[C@@H]1[C@@H](C)[C@@H](C)CN1C(=O)[C@@H](NC(N)=O)C1CCCCC1. The molecule has 2 fully saturated rings. The summed E-state index contributed by atoms with van der Waals surface area (Å²) in [7, 11) is 0. The summed E-state index contributed by atoms with van der Waals surface area (Å²) in [6.45, 7) is 7.85. The summed E-state index contributed by atoms with van der Waals surface area (Å²) >= 11 is -1.79. The maximum absolute atomic E-state index is 13.5. The van der Waals surface area contributed by atoms with Gasteiger partial charge in [-0.2, -0.15) is 0 Å². The molecular formula is C21H33N5O5Te. The molecule has 5 amide bonds. The normalized spacial score (nSPS) is 24.3. The zero-order valence-corrected chi connectivity index (χ0v) is 20.9. The van der Waals surface area contributed by atoms with E-state index in [4.69, 9.17) is 5.73 Å². The van der Waals surface area contributed by atoms with E-state index in [1.165, 1.54) is 11.0 Å². The molecule has 1 heterocycles. The standard InChI is InChI=1S/C21H33N5O5Te/c1-4-10-23-18(28)20(30)32-25-17(27)16-13(3)12(2)11-26(16)19(29)15(24-21(22)31)14-8-6-5-7-9-14/h4,12-16H,1,5-11H2,2-3H3,(H,23,28)(H,25,27)(H3,22,24,31)/t12-,13-,15-,16-/m0/s1.